The average Bonchev–Trinajstić information content (AvgIpc) is 3.29. The number of urea groups is 1. The van der Waals surface area contributed by atoms with Gasteiger partial charge in [0, 0.05) is 43.2 Å². The second kappa shape index (κ2) is 9.18. The molecule has 176 valence electrons. The van der Waals surface area contributed by atoms with Crippen LogP contribution in [0.1, 0.15) is 18.4 Å². The third-order valence-electron chi connectivity index (χ3n) is 5.93. The van der Waals surface area contributed by atoms with Crippen LogP contribution in [0, 0.1) is 11.6 Å². The molecule has 0 spiro atoms. The van der Waals surface area contributed by atoms with Crippen LogP contribution in [0.4, 0.5) is 19.4 Å². The van der Waals surface area contributed by atoms with Crippen molar-refractivity contribution in [3.05, 3.63) is 53.7 Å². The molecule has 34 heavy (non-hydrogen) atoms. The highest BCUT2D eigenvalue weighted by atomic mass is 19.2. The summed E-state index contributed by atoms with van der Waals surface area (Å²) in [5, 5.41) is 13.7. The van der Waals surface area contributed by atoms with Crippen LogP contribution in [-0.2, 0) is 6.54 Å². The number of hydrogen-bond donors (Lipinski definition) is 3. The molecule has 3 heterocycles. The molecule has 1 aliphatic rings. The maximum absolute atomic E-state index is 13.6. The van der Waals surface area contributed by atoms with E-state index in [0.717, 1.165) is 55.5 Å². The number of nitrogens with one attached hydrogen (secondary N) is 3. The fourth-order valence-corrected chi connectivity index (χ4v) is 4.16. The number of piperidine rings is 1. The molecule has 5 rings (SSSR count). The number of nitrogens with zero attached hydrogens (tertiary/aromatic N) is 4. The fourth-order valence-electron chi connectivity index (χ4n) is 4.16. The number of ether oxygens (including phenoxy) is 1. The summed E-state index contributed by atoms with van der Waals surface area (Å²) in [5.74, 6) is -2.03. The zero-order valence-corrected chi connectivity index (χ0v) is 18.4. The average molecular weight is 467 g/mol. The van der Waals surface area contributed by atoms with Crippen LogP contribution in [0.25, 0.3) is 21.9 Å². The zero-order chi connectivity index (χ0) is 23.7. The van der Waals surface area contributed by atoms with E-state index < -0.39 is 17.7 Å². The van der Waals surface area contributed by atoms with E-state index in [0.29, 0.717) is 0 Å². The van der Waals surface area contributed by atoms with Crippen molar-refractivity contribution in [2.75, 3.05) is 25.5 Å². The Labute approximate surface area is 193 Å². The minimum Gasteiger partial charge on any atom is -0.478 e. The van der Waals surface area contributed by atoms with Gasteiger partial charge in [0.1, 0.15) is 0 Å². The maximum Gasteiger partial charge on any atom is 0.320 e. The Balaban J connectivity index is 1.17. The van der Waals surface area contributed by atoms with Crippen LogP contribution in [0.15, 0.2) is 36.5 Å². The number of amides is 2. The fraction of sp³-hybridized carbons (Fsp3) is 0.304. The number of rotatable bonds is 5. The van der Waals surface area contributed by atoms with Crippen molar-refractivity contribution in [2.45, 2.75) is 25.4 Å². The number of H-pyrrole nitrogens is 1. The van der Waals surface area contributed by atoms with Crippen LogP contribution < -0.4 is 15.4 Å². The van der Waals surface area contributed by atoms with Crippen molar-refractivity contribution < 1.29 is 18.3 Å². The molecule has 1 fully saturated rings. The number of benzene rings is 2. The summed E-state index contributed by atoms with van der Waals surface area (Å²) in [5.41, 5.74) is 2.46. The van der Waals surface area contributed by atoms with Gasteiger partial charge in [-0.25, -0.2) is 23.5 Å². The monoisotopic (exact) mass is 467 g/mol. The highest BCUT2D eigenvalue weighted by Gasteiger charge is 2.22. The van der Waals surface area contributed by atoms with Gasteiger partial charge in [-0.15, -0.1) is 0 Å². The van der Waals surface area contributed by atoms with Crippen molar-refractivity contribution in [2.24, 2.45) is 0 Å². The summed E-state index contributed by atoms with van der Waals surface area (Å²) in [6.07, 6.45) is 3.40. The van der Waals surface area contributed by atoms with Crippen LogP contribution >= 0.6 is 0 Å². The summed E-state index contributed by atoms with van der Waals surface area (Å²) < 4.78 is 32.2. The molecule has 0 saturated carbocycles. The smallest absolute Gasteiger partial charge is 0.320 e. The van der Waals surface area contributed by atoms with E-state index in [4.69, 9.17) is 4.74 Å². The van der Waals surface area contributed by atoms with Gasteiger partial charge in [-0.3, -0.25) is 15.3 Å². The number of anilines is 1. The normalized spacial score (nSPS) is 15.0. The topological polar surface area (TPSA) is 108 Å². The number of aromatic amines is 1. The van der Waals surface area contributed by atoms with Gasteiger partial charge in [-0.2, -0.15) is 5.10 Å². The predicted molar refractivity (Wildman–Crippen MR) is 123 cm³/mol. The Morgan fingerprint density at radius 1 is 1.15 bits per heavy atom. The zero-order valence-electron chi connectivity index (χ0n) is 18.4. The number of hydrogen-bond acceptors (Lipinski definition) is 6. The van der Waals surface area contributed by atoms with E-state index in [1.165, 1.54) is 12.7 Å². The van der Waals surface area contributed by atoms with Crippen LogP contribution in [0.5, 0.6) is 5.88 Å². The summed E-state index contributed by atoms with van der Waals surface area (Å²) in [7, 11) is 1.36. The molecule has 0 unspecified atom stereocenters. The Morgan fingerprint density at radius 2 is 1.88 bits per heavy atom. The van der Waals surface area contributed by atoms with Gasteiger partial charge in [0.2, 0.25) is 0 Å². The first-order chi connectivity index (χ1) is 16.5. The van der Waals surface area contributed by atoms with Crippen molar-refractivity contribution >= 4 is 33.8 Å². The predicted octanol–water partition coefficient (Wildman–Crippen LogP) is 3.58. The molecular weight excluding hydrogens is 444 g/mol. The first kappa shape index (κ1) is 22.0. The Hall–Kier alpha value is -3.86. The molecule has 1 aliphatic heterocycles. The molecule has 3 N–H and O–H groups in total. The quantitative estimate of drug-likeness (QED) is 0.414. The van der Waals surface area contributed by atoms with Gasteiger partial charge in [0.25, 0.3) is 5.88 Å². The molecule has 0 aliphatic carbocycles. The Bertz CT molecular complexity index is 1350. The minimum atomic E-state index is -1.04. The van der Waals surface area contributed by atoms with E-state index in [1.54, 1.807) is 6.20 Å². The van der Waals surface area contributed by atoms with E-state index in [9.17, 15) is 13.6 Å². The van der Waals surface area contributed by atoms with Gasteiger partial charge in [-0.1, -0.05) is 12.1 Å². The molecule has 1 saturated heterocycles. The molecule has 0 radical (unpaired) electrons. The lowest BCUT2D eigenvalue weighted by molar-refractivity contribution is 0.190. The molecule has 2 aromatic carbocycles. The summed E-state index contributed by atoms with van der Waals surface area (Å²) in [4.78, 5) is 23.2. The highest BCUT2D eigenvalue weighted by Crippen LogP contribution is 2.25. The van der Waals surface area contributed by atoms with E-state index >= 15 is 0 Å². The standard InChI is InChI=1S/C23H23F2N7O2/c1-34-22-21(28-19-9-16(24)17(25)10-20(19)29-22)30-23(33)27-15-4-6-32(7-5-15)12-13-2-3-14-11-26-31-18(14)8-13/h2-3,8-11,15H,4-7,12H2,1H3,(H,26,31)(H2,27,28,30,33). The first-order valence-electron chi connectivity index (χ1n) is 10.9. The van der Waals surface area contributed by atoms with Gasteiger partial charge >= 0.3 is 6.03 Å². The van der Waals surface area contributed by atoms with Crippen molar-refractivity contribution in [1.29, 1.82) is 0 Å². The lowest BCUT2D eigenvalue weighted by atomic mass is 10.0. The number of carbonyl (C=O) groups is 1. The van der Waals surface area contributed by atoms with Gasteiger partial charge in [0.05, 0.1) is 29.9 Å². The Morgan fingerprint density at radius 3 is 2.62 bits per heavy atom. The van der Waals surface area contributed by atoms with Crippen molar-refractivity contribution in [3.8, 4) is 5.88 Å². The summed E-state index contributed by atoms with van der Waals surface area (Å²) >= 11 is 0. The van der Waals surface area contributed by atoms with E-state index in [1.807, 2.05) is 0 Å². The third kappa shape index (κ3) is 4.60. The number of carbonyl (C=O) groups excluding carboxylic acids is 1. The third-order valence-corrected chi connectivity index (χ3v) is 5.93. The molecule has 2 amide bonds. The Kier molecular flexibility index (Phi) is 5.93. The van der Waals surface area contributed by atoms with E-state index in [2.05, 4.69) is 53.9 Å². The SMILES string of the molecule is COc1nc2cc(F)c(F)cc2nc1NC(=O)NC1CCN(Cc2ccc3cn[nH]c3c2)CC1. The first-order valence-corrected chi connectivity index (χ1v) is 10.9. The molecular formula is C23H23F2N7O2. The van der Waals surface area contributed by atoms with Crippen molar-refractivity contribution in [3.63, 3.8) is 0 Å². The van der Waals surface area contributed by atoms with Gasteiger partial charge in [-0.05, 0) is 24.5 Å². The number of fused-ring (bicyclic) bond motifs is 2. The molecule has 0 atom stereocenters. The van der Waals surface area contributed by atoms with Crippen LogP contribution in [-0.4, -0.2) is 57.3 Å². The van der Waals surface area contributed by atoms with Gasteiger partial charge in [0.15, 0.2) is 17.5 Å². The summed E-state index contributed by atoms with van der Waals surface area (Å²) in [6.45, 7) is 2.51. The van der Waals surface area contributed by atoms with Gasteiger partial charge < -0.3 is 10.1 Å². The number of methoxy groups -OCH3 is 1. The second-order valence-electron chi connectivity index (χ2n) is 8.28. The summed E-state index contributed by atoms with van der Waals surface area (Å²) in [6, 6.07) is 7.67. The van der Waals surface area contributed by atoms with E-state index in [-0.39, 0.29) is 28.8 Å². The molecule has 4 aromatic rings. The number of likely N-dealkylation sites (tertiary alicyclic amines) is 1. The lowest BCUT2D eigenvalue weighted by Gasteiger charge is -2.32. The minimum absolute atomic E-state index is 0.00251. The molecule has 11 heteroatoms. The van der Waals surface area contributed by atoms with Crippen molar-refractivity contribution in [1.82, 2.24) is 30.4 Å². The molecule has 0 bridgehead atoms. The van der Waals surface area contributed by atoms with Crippen LogP contribution in [0.3, 0.4) is 0 Å². The maximum atomic E-state index is 13.6. The number of halogens is 2. The molecule has 9 nitrogen and oxygen atoms in total. The number of aromatic nitrogens is 4. The van der Waals surface area contributed by atoms with Crippen LogP contribution in [0.2, 0.25) is 0 Å². The second-order valence-corrected chi connectivity index (χ2v) is 8.28. The molecule has 2 aromatic heterocycles. The largest absolute Gasteiger partial charge is 0.478 e. The lowest BCUT2D eigenvalue weighted by Crippen LogP contribution is -2.45. The highest BCUT2D eigenvalue weighted by molar-refractivity contribution is 5.91.